The van der Waals surface area contributed by atoms with Crippen molar-refractivity contribution < 1.29 is 14.3 Å². The zero-order valence-corrected chi connectivity index (χ0v) is 17.9. The van der Waals surface area contributed by atoms with Gasteiger partial charge in [0.2, 0.25) is 0 Å². The maximum atomic E-state index is 12.3. The van der Waals surface area contributed by atoms with Gasteiger partial charge in [0.15, 0.2) is 6.61 Å². The second-order valence-electron chi connectivity index (χ2n) is 7.44. The van der Waals surface area contributed by atoms with Crippen LogP contribution in [0.3, 0.4) is 0 Å². The number of pyridine rings is 1. The Morgan fingerprint density at radius 3 is 2.72 bits per heavy atom. The van der Waals surface area contributed by atoms with Crippen LogP contribution >= 0.6 is 0 Å². The minimum atomic E-state index is -0.273. The number of nitrogens with zero attached hydrogens (tertiary/aromatic N) is 2. The number of rotatable bonds is 7. The fourth-order valence-corrected chi connectivity index (χ4v) is 3.21. The number of fused-ring (bicyclic) bond motifs is 1. The van der Waals surface area contributed by atoms with E-state index in [0.29, 0.717) is 28.5 Å². The lowest BCUT2D eigenvalue weighted by Crippen LogP contribution is -2.20. The third kappa shape index (κ3) is 5.13. The van der Waals surface area contributed by atoms with Crippen LogP contribution in [0, 0.1) is 13.8 Å². The Balaban J connectivity index is 1.40. The lowest BCUT2D eigenvalue weighted by Gasteiger charge is -2.12. The minimum absolute atomic E-state index is 0.0987. The Morgan fingerprint density at radius 1 is 1.00 bits per heavy atom. The average Bonchev–Trinajstić information content (AvgIpc) is 2.78. The maximum Gasteiger partial charge on any atom is 0.262 e. The Kier molecular flexibility index (Phi) is 6.17. The van der Waals surface area contributed by atoms with Gasteiger partial charge in [-0.2, -0.15) is 0 Å². The SMILES string of the molecule is Cc1cccc(OCC(=O)Nc2ccc(C)c(OCc3cc(=O)n4ccccc4n3)c2)c1. The summed E-state index contributed by atoms with van der Waals surface area (Å²) >= 11 is 0. The van der Waals surface area contributed by atoms with Crippen LogP contribution in [-0.4, -0.2) is 21.9 Å². The number of carbonyl (C=O) groups excluding carboxylic acids is 1. The van der Waals surface area contributed by atoms with Crippen LogP contribution in [-0.2, 0) is 11.4 Å². The van der Waals surface area contributed by atoms with Gasteiger partial charge in [-0.1, -0.05) is 24.3 Å². The van der Waals surface area contributed by atoms with Gasteiger partial charge in [0.25, 0.3) is 11.5 Å². The van der Waals surface area contributed by atoms with E-state index in [9.17, 15) is 9.59 Å². The van der Waals surface area contributed by atoms with E-state index < -0.39 is 0 Å². The van der Waals surface area contributed by atoms with Crippen LogP contribution in [0.5, 0.6) is 11.5 Å². The van der Waals surface area contributed by atoms with E-state index in [1.54, 1.807) is 30.5 Å². The molecule has 2 heterocycles. The van der Waals surface area contributed by atoms with Crippen molar-refractivity contribution in [3.05, 3.63) is 100 Å². The van der Waals surface area contributed by atoms with Gasteiger partial charge in [-0.25, -0.2) is 4.98 Å². The van der Waals surface area contributed by atoms with Crippen molar-refractivity contribution in [3.63, 3.8) is 0 Å². The number of nitrogens with one attached hydrogen (secondary N) is 1. The number of hydrogen-bond donors (Lipinski definition) is 1. The average molecular weight is 429 g/mol. The normalized spacial score (nSPS) is 10.7. The van der Waals surface area contributed by atoms with Crippen molar-refractivity contribution in [2.45, 2.75) is 20.5 Å². The Hall–Kier alpha value is -4.13. The van der Waals surface area contributed by atoms with E-state index in [4.69, 9.17) is 9.47 Å². The zero-order valence-electron chi connectivity index (χ0n) is 17.9. The van der Waals surface area contributed by atoms with Gasteiger partial charge in [0.1, 0.15) is 23.8 Å². The Labute approximate surface area is 185 Å². The molecule has 0 unspecified atom stereocenters. The Morgan fingerprint density at radius 2 is 1.88 bits per heavy atom. The molecule has 0 spiro atoms. The fourth-order valence-electron chi connectivity index (χ4n) is 3.21. The smallest absolute Gasteiger partial charge is 0.262 e. The molecule has 7 nitrogen and oxygen atoms in total. The minimum Gasteiger partial charge on any atom is -0.487 e. The van der Waals surface area contributed by atoms with E-state index >= 15 is 0 Å². The lowest BCUT2D eigenvalue weighted by molar-refractivity contribution is -0.118. The summed E-state index contributed by atoms with van der Waals surface area (Å²) in [6.45, 7) is 3.91. The second-order valence-corrected chi connectivity index (χ2v) is 7.44. The van der Waals surface area contributed by atoms with Crippen LogP contribution in [0.4, 0.5) is 5.69 Å². The molecular formula is C25H23N3O4. The summed E-state index contributed by atoms with van der Waals surface area (Å²) in [5.41, 5.74) is 3.48. The standard InChI is InChI=1S/C25H23N3O4/c1-17-6-5-7-21(12-17)31-16-24(29)27-19-10-9-18(2)22(13-19)32-15-20-14-25(30)28-11-4-3-8-23(28)26-20/h3-14H,15-16H2,1-2H3,(H,27,29). The molecule has 0 aliphatic carbocycles. The summed E-state index contributed by atoms with van der Waals surface area (Å²) in [6, 6.07) is 19.8. The summed E-state index contributed by atoms with van der Waals surface area (Å²) in [4.78, 5) is 29.0. The molecule has 0 aliphatic heterocycles. The van der Waals surface area contributed by atoms with Crippen molar-refractivity contribution in [1.82, 2.24) is 9.38 Å². The first-order valence-electron chi connectivity index (χ1n) is 10.2. The summed E-state index contributed by atoms with van der Waals surface area (Å²) in [7, 11) is 0. The molecule has 162 valence electrons. The third-order valence-corrected chi connectivity index (χ3v) is 4.83. The van der Waals surface area contributed by atoms with Crippen molar-refractivity contribution >= 4 is 17.2 Å². The van der Waals surface area contributed by atoms with Crippen molar-refractivity contribution in [2.24, 2.45) is 0 Å². The highest BCUT2D eigenvalue weighted by atomic mass is 16.5. The summed E-state index contributed by atoms with van der Waals surface area (Å²) in [5.74, 6) is 0.967. The monoisotopic (exact) mass is 429 g/mol. The number of amides is 1. The molecular weight excluding hydrogens is 406 g/mol. The first kappa shape index (κ1) is 21.1. The van der Waals surface area contributed by atoms with Crippen LogP contribution in [0.1, 0.15) is 16.8 Å². The molecule has 2 aromatic heterocycles. The molecule has 4 rings (SSSR count). The molecule has 4 aromatic rings. The van der Waals surface area contributed by atoms with Gasteiger partial charge < -0.3 is 14.8 Å². The predicted molar refractivity (Wildman–Crippen MR) is 122 cm³/mol. The van der Waals surface area contributed by atoms with Gasteiger partial charge >= 0.3 is 0 Å². The largest absolute Gasteiger partial charge is 0.487 e. The van der Waals surface area contributed by atoms with Gasteiger partial charge in [-0.3, -0.25) is 14.0 Å². The van der Waals surface area contributed by atoms with E-state index in [1.165, 1.54) is 10.5 Å². The highest BCUT2D eigenvalue weighted by molar-refractivity contribution is 5.92. The maximum absolute atomic E-state index is 12.3. The number of anilines is 1. The number of carbonyl (C=O) groups is 1. The van der Waals surface area contributed by atoms with E-state index in [1.807, 2.05) is 50.2 Å². The third-order valence-electron chi connectivity index (χ3n) is 4.83. The molecule has 2 aromatic carbocycles. The number of ether oxygens (including phenoxy) is 2. The van der Waals surface area contributed by atoms with Crippen LogP contribution in [0.2, 0.25) is 0 Å². The van der Waals surface area contributed by atoms with Gasteiger partial charge in [-0.05, 0) is 55.3 Å². The summed E-state index contributed by atoms with van der Waals surface area (Å²) in [6.07, 6.45) is 1.67. The molecule has 7 heteroatoms. The predicted octanol–water partition coefficient (Wildman–Crippen LogP) is 3.91. The molecule has 0 radical (unpaired) electrons. The number of aromatic nitrogens is 2. The highest BCUT2D eigenvalue weighted by Crippen LogP contribution is 2.23. The number of benzene rings is 2. The van der Waals surface area contributed by atoms with Crippen LogP contribution < -0.4 is 20.3 Å². The van der Waals surface area contributed by atoms with E-state index in [0.717, 1.165) is 11.1 Å². The molecule has 0 bridgehead atoms. The van der Waals surface area contributed by atoms with Gasteiger partial charge in [-0.15, -0.1) is 0 Å². The molecule has 32 heavy (non-hydrogen) atoms. The zero-order chi connectivity index (χ0) is 22.5. The molecule has 0 saturated heterocycles. The fraction of sp³-hybridized carbons (Fsp3) is 0.160. The molecule has 0 aliphatic rings. The molecule has 0 fully saturated rings. The Bertz CT molecular complexity index is 1330. The van der Waals surface area contributed by atoms with Gasteiger partial charge in [0, 0.05) is 24.0 Å². The van der Waals surface area contributed by atoms with Gasteiger partial charge in [0.05, 0.1) is 5.69 Å². The molecule has 1 amide bonds. The summed E-state index contributed by atoms with van der Waals surface area (Å²) in [5, 5.41) is 2.81. The quantitative estimate of drug-likeness (QED) is 0.482. The molecule has 1 N–H and O–H groups in total. The first-order valence-corrected chi connectivity index (χ1v) is 10.2. The van der Waals surface area contributed by atoms with E-state index in [2.05, 4.69) is 10.3 Å². The molecule has 0 atom stereocenters. The van der Waals surface area contributed by atoms with Crippen molar-refractivity contribution in [1.29, 1.82) is 0 Å². The topological polar surface area (TPSA) is 81.9 Å². The first-order chi connectivity index (χ1) is 15.5. The number of aryl methyl sites for hydroxylation is 2. The molecule has 0 saturated carbocycles. The van der Waals surface area contributed by atoms with Crippen molar-refractivity contribution in [2.75, 3.05) is 11.9 Å². The van der Waals surface area contributed by atoms with Crippen LogP contribution in [0.25, 0.3) is 5.65 Å². The number of hydrogen-bond acceptors (Lipinski definition) is 5. The highest BCUT2D eigenvalue weighted by Gasteiger charge is 2.09. The van der Waals surface area contributed by atoms with Crippen LogP contribution in [0.15, 0.2) is 77.7 Å². The van der Waals surface area contributed by atoms with Crippen molar-refractivity contribution in [3.8, 4) is 11.5 Å². The second kappa shape index (κ2) is 9.34. The summed E-state index contributed by atoms with van der Waals surface area (Å²) < 4.78 is 12.9. The van der Waals surface area contributed by atoms with E-state index in [-0.39, 0.29) is 24.7 Å². The lowest BCUT2D eigenvalue weighted by atomic mass is 10.2.